The fraction of sp³-hybridized carbons (Fsp3) is 0.333. The molecule has 1 aromatic carbocycles. The monoisotopic (exact) mass is 203 g/mol. The smallest absolute Gasteiger partial charge is 0.0456 e. The van der Waals surface area contributed by atoms with Gasteiger partial charge in [-0.3, -0.25) is 0 Å². The van der Waals surface area contributed by atoms with Crippen molar-refractivity contribution in [2.24, 2.45) is 5.73 Å². The fourth-order valence-electron chi connectivity index (χ4n) is 1.10. The largest absolute Gasteiger partial charge is 0.330 e. The van der Waals surface area contributed by atoms with Crippen LogP contribution in [0.3, 0.4) is 0 Å². The molecule has 0 heterocycles. The van der Waals surface area contributed by atoms with Crippen LogP contribution in [0.15, 0.2) is 18.2 Å². The molecule has 0 radical (unpaired) electrons. The molecule has 3 heteroatoms. The predicted octanol–water partition coefficient (Wildman–Crippen LogP) is 3.06. The summed E-state index contributed by atoms with van der Waals surface area (Å²) in [6, 6.07) is 5.49. The number of halogens is 2. The number of nitrogens with two attached hydrogens (primary N) is 1. The van der Waals surface area contributed by atoms with Crippen LogP contribution in [0.1, 0.15) is 18.4 Å². The maximum absolute atomic E-state index is 5.96. The second kappa shape index (κ2) is 4.13. The van der Waals surface area contributed by atoms with Crippen LogP contribution in [-0.4, -0.2) is 6.54 Å². The molecule has 1 nitrogen and oxygen atoms in total. The van der Waals surface area contributed by atoms with E-state index >= 15 is 0 Å². The molecule has 12 heavy (non-hydrogen) atoms. The highest BCUT2D eigenvalue weighted by Gasteiger charge is 2.11. The molecular formula is C9H11Cl2N. The molecule has 0 spiro atoms. The molecule has 0 aliphatic carbocycles. The number of hydrogen-bond donors (Lipinski definition) is 1. The number of hydrogen-bond acceptors (Lipinski definition) is 1. The Hall–Kier alpha value is -0.240. The maximum atomic E-state index is 5.96. The van der Waals surface area contributed by atoms with Crippen molar-refractivity contribution in [1.82, 2.24) is 0 Å². The van der Waals surface area contributed by atoms with E-state index in [4.69, 9.17) is 28.9 Å². The van der Waals surface area contributed by atoms with Gasteiger partial charge >= 0.3 is 0 Å². The molecule has 0 aliphatic rings. The molecule has 0 saturated carbocycles. The van der Waals surface area contributed by atoms with Gasteiger partial charge in [0.05, 0.1) is 0 Å². The van der Waals surface area contributed by atoms with Crippen molar-refractivity contribution in [3.8, 4) is 0 Å². The van der Waals surface area contributed by atoms with E-state index in [0.717, 1.165) is 5.56 Å². The van der Waals surface area contributed by atoms with Gasteiger partial charge in [-0.1, -0.05) is 36.2 Å². The zero-order valence-corrected chi connectivity index (χ0v) is 8.36. The van der Waals surface area contributed by atoms with Gasteiger partial charge in [0.2, 0.25) is 0 Å². The lowest BCUT2D eigenvalue weighted by Gasteiger charge is -2.12. The van der Waals surface area contributed by atoms with Gasteiger partial charge in [0.15, 0.2) is 0 Å². The fourth-order valence-corrected chi connectivity index (χ4v) is 1.87. The van der Waals surface area contributed by atoms with E-state index in [2.05, 4.69) is 0 Å². The lowest BCUT2D eigenvalue weighted by atomic mass is 10.0. The van der Waals surface area contributed by atoms with Crippen molar-refractivity contribution in [1.29, 1.82) is 0 Å². The molecule has 0 bridgehead atoms. The van der Waals surface area contributed by atoms with Crippen molar-refractivity contribution >= 4 is 23.2 Å². The molecular weight excluding hydrogens is 193 g/mol. The normalized spacial score (nSPS) is 13.0. The lowest BCUT2D eigenvalue weighted by Crippen LogP contribution is -2.09. The van der Waals surface area contributed by atoms with E-state index in [0.29, 0.717) is 16.6 Å². The molecule has 2 N–H and O–H groups in total. The first-order valence-electron chi connectivity index (χ1n) is 3.80. The standard InChI is InChI=1S/C9H11Cl2N/c1-6(5-12)9-7(10)3-2-4-8(9)11/h2-4,6H,5,12H2,1H3/t6-/m0/s1. The summed E-state index contributed by atoms with van der Waals surface area (Å²) >= 11 is 11.9. The number of rotatable bonds is 2. The zero-order valence-electron chi connectivity index (χ0n) is 6.85. The first-order valence-corrected chi connectivity index (χ1v) is 4.56. The highest BCUT2D eigenvalue weighted by atomic mass is 35.5. The van der Waals surface area contributed by atoms with Gasteiger partial charge < -0.3 is 5.73 Å². The van der Waals surface area contributed by atoms with Crippen molar-refractivity contribution < 1.29 is 0 Å². The van der Waals surface area contributed by atoms with Crippen molar-refractivity contribution in [3.63, 3.8) is 0 Å². The Kier molecular flexibility index (Phi) is 3.39. The minimum Gasteiger partial charge on any atom is -0.330 e. The van der Waals surface area contributed by atoms with E-state index in [1.54, 1.807) is 0 Å². The van der Waals surface area contributed by atoms with Gasteiger partial charge in [-0.15, -0.1) is 0 Å². The third-order valence-electron chi connectivity index (χ3n) is 1.85. The highest BCUT2D eigenvalue weighted by Crippen LogP contribution is 2.30. The molecule has 0 fully saturated rings. The van der Waals surface area contributed by atoms with Crippen LogP contribution in [0.2, 0.25) is 10.0 Å². The Morgan fingerprint density at radius 1 is 1.33 bits per heavy atom. The van der Waals surface area contributed by atoms with Crippen LogP contribution in [0.5, 0.6) is 0 Å². The summed E-state index contributed by atoms with van der Waals surface area (Å²) in [5, 5.41) is 1.39. The van der Waals surface area contributed by atoms with Crippen LogP contribution in [0.25, 0.3) is 0 Å². The molecule has 0 unspecified atom stereocenters. The summed E-state index contributed by atoms with van der Waals surface area (Å²) in [7, 11) is 0. The van der Waals surface area contributed by atoms with Gasteiger partial charge in [-0.2, -0.15) is 0 Å². The van der Waals surface area contributed by atoms with Gasteiger partial charge in [0.25, 0.3) is 0 Å². The SMILES string of the molecule is C[C@@H](CN)c1c(Cl)cccc1Cl. The van der Waals surface area contributed by atoms with Crippen LogP contribution in [0.4, 0.5) is 0 Å². The van der Waals surface area contributed by atoms with Crippen LogP contribution in [0, 0.1) is 0 Å². The Balaban J connectivity index is 3.12. The Morgan fingerprint density at radius 3 is 2.25 bits per heavy atom. The Morgan fingerprint density at radius 2 is 1.83 bits per heavy atom. The van der Waals surface area contributed by atoms with Crippen molar-refractivity contribution in [2.45, 2.75) is 12.8 Å². The average molecular weight is 204 g/mol. The summed E-state index contributed by atoms with van der Waals surface area (Å²) < 4.78 is 0. The third kappa shape index (κ3) is 1.92. The summed E-state index contributed by atoms with van der Waals surface area (Å²) in [6.07, 6.45) is 0. The van der Waals surface area contributed by atoms with Crippen LogP contribution >= 0.6 is 23.2 Å². The topological polar surface area (TPSA) is 26.0 Å². The molecule has 0 aliphatic heterocycles. The first kappa shape index (κ1) is 9.85. The third-order valence-corrected chi connectivity index (χ3v) is 2.51. The quantitative estimate of drug-likeness (QED) is 0.787. The zero-order chi connectivity index (χ0) is 9.14. The molecule has 66 valence electrons. The Bertz CT molecular complexity index is 253. The van der Waals surface area contributed by atoms with Crippen molar-refractivity contribution in [2.75, 3.05) is 6.54 Å². The van der Waals surface area contributed by atoms with Gasteiger partial charge in [-0.05, 0) is 30.2 Å². The minimum absolute atomic E-state index is 0.214. The second-order valence-electron chi connectivity index (χ2n) is 2.77. The van der Waals surface area contributed by atoms with Gasteiger partial charge in [-0.25, -0.2) is 0 Å². The van der Waals surface area contributed by atoms with Crippen molar-refractivity contribution in [3.05, 3.63) is 33.8 Å². The first-order chi connectivity index (χ1) is 5.66. The summed E-state index contributed by atoms with van der Waals surface area (Å²) in [4.78, 5) is 0. The molecule has 1 rings (SSSR count). The van der Waals surface area contributed by atoms with E-state index in [9.17, 15) is 0 Å². The van der Waals surface area contributed by atoms with E-state index in [1.807, 2.05) is 25.1 Å². The lowest BCUT2D eigenvalue weighted by molar-refractivity contribution is 0.774. The van der Waals surface area contributed by atoms with Crippen LogP contribution < -0.4 is 5.73 Å². The molecule has 1 atom stereocenters. The minimum atomic E-state index is 0.214. The highest BCUT2D eigenvalue weighted by molar-refractivity contribution is 6.36. The maximum Gasteiger partial charge on any atom is 0.0456 e. The second-order valence-corrected chi connectivity index (χ2v) is 3.59. The molecule has 1 aromatic rings. The molecule has 0 saturated heterocycles. The molecule has 0 amide bonds. The summed E-state index contributed by atoms with van der Waals surface area (Å²) in [5.41, 5.74) is 6.47. The van der Waals surface area contributed by atoms with Gasteiger partial charge in [0.1, 0.15) is 0 Å². The predicted molar refractivity (Wildman–Crippen MR) is 53.9 cm³/mol. The van der Waals surface area contributed by atoms with E-state index in [1.165, 1.54) is 0 Å². The Labute approximate surface area is 82.5 Å². The summed E-state index contributed by atoms with van der Waals surface area (Å²) in [6.45, 7) is 2.57. The van der Waals surface area contributed by atoms with E-state index < -0.39 is 0 Å². The van der Waals surface area contributed by atoms with Gasteiger partial charge in [0, 0.05) is 10.0 Å². The number of benzene rings is 1. The van der Waals surface area contributed by atoms with E-state index in [-0.39, 0.29) is 5.92 Å². The molecule has 0 aromatic heterocycles. The van der Waals surface area contributed by atoms with Crippen LogP contribution in [-0.2, 0) is 0 Å². The average Bonchev–Trinajstić information content (AvgIpc) is 2.03. The summed E-state index contributed by atoms with van der Waals surface area (Å²) in [5.74, 6) is 0.214.